The van der Waals surface area contributed by atoms with Gasteiger partial charge < -0.3 is 19.5 Å². The van der Waals surface area contributed by atoms with E-state index in [9.17, 15) is 9.59 Å². The molecule has 1 saturated heterocycles. The number of rotatable bonds is 4. The molecule has 1 aromatic heterocycles. The average Bonchev–Trinajstić information content (AvgIpc) is 3.08. The monoisotopic (exact) mass is 355 g/mol. The zero-order valence-electron chi connectivity index (χ0n) is 15.5. The van der Waals surface area contributed by atoms with Gasteiger partial charge in [-0.2, -0.15) is 0 Å². The molecule has 1 aliphatic heterocycles. The van der Waals surface area contributed by atoms with Crippen LogP contribution in [0, 0.1) is 0 Å². The Morgan fingerprint density at radius 1 is 1.15 bits per heavy atom. The number of hydrogen-bond donors (Lipinski definition) is 1. The van der Waals surface area contributed by atoms with E-state index in [0.29, 0.717) is 23.6 Å². The third-order valence-corrected chi connectivity index (χ3v) is 5.06. The summed E-state index contributed by atoms with van der Waals surface area (Å²) in [5, 5.41) is 2.66. The molecule has 1 unspecified atom stereocenters. The lowest BCUT2D eigenvalue weighted by Gasteiger charge is -2.36. The molecule has 0 bridgehead atoms. The minimum atomic E-state index is -0.128. The van der Waals surface area contributed by atoms with Gasteiger partial charge in [-0.3, -0.25) is 9.59 Å². The van der Waals surface area contributed by atoms with Gasteiger partial charge in [0.2, 0.25) is 0 Å². The average molecular weight is 355 g/mol. The van der Waals surface area contributed by atoms with Crippen LogP contribution in [0.5, 0.6) is 5.75 Å². The highest BCUT2D eigenvalue weighted by Gasteiger charge is 2.32. The Morgan fingerprint density at radius 3 is 2.65 bits per heavy atom. The Balaban J connectivity index is 1.95. The van der Waals surface area contributed by atoms with Crippen molar-refractivity contribution in [2.24, 2.45) is 7.05 Å². The van der Waals surface area contributed by atoms with Crippen molar-refractivity contribution in [3.05, 3.63) is 53.3 Å². The van der Waals surface area contributed by atoms with Gasteiger partial charge in [0.15, 0.2) is 0 Å². The molecule has 6 nitrogen and oxygen atoms in total. The van der Waals surface area contributed by atoms with Crippen LogP contribution in [0.3, 0.4) is 0 Å². The van der Waals surface area contributed by atoms with E-state index in [-0.39, 0.29) is 17.9 Å². The van der Waals surface area contributed by atoms with Gasteiger partial charge in [0.05, 0.1) is 18.7 Å². The predicted molar refractivity (Wildman–Crippen MR) is 99.4 cm³/mol. The number of para-hydroxylation sites is 1. The number of piperidine rings is 1. The van der Waals surface area contributed by atoms with Crippen LogP contribution in [0.15, 0.2) is 36.4 Å². The van der Waals surface area contributed by atoms with E-state index in [1.54, 1.807) is 26.3 Å². The number of likely N-dealkylation sites (tertiary alicyclic amines) is 1. The highest BCUT2D eigenvalue weighted by molar-refractivity contribution is 5.97. The first-order chi connectivity index (χ1) is 12.6. The number of ether oxygens (including phenoxy) is 1. The second-order valence-electron chi connectivity index (χ2n) is 6.49. The normalized spacial score (nSPS) is 17.0. The summed E-state index contributed by atoms with van der Waals surface area (Å²) in [6, 6.07) is 11.0. The fraction of sp³-hybridized carbons (Fsp3) is 0.400. The Bertz CT molecular complexity index is 812. The summed E-state index contributed by atoms with van der Waals surface area (Å²) in [4.78, 5) is 27.2. The van der Waals surface area contributed by atoms with Gasteiger partial charge in [0.25, 0.3) is 11.8 Å². The van der Waals surface area contributed by atoms with Crippen molar-refractivity contribution in [3.63, 3.8) is 0 Å². The minimum absolute atomic E-state index is 0.0326. The number of carbonyl (C=O) groups excluding carboxylic acids is 2. The minimum Gasteiger partial charge on any atom is -0.496 e. The van der Waals surface area contributed by atoms with Crippen LogP contribution in [-0.4, -0.2) is 42.0 Å². The molecular formula is C20H25N3O3. The second-order valence-corrected chi connectivity index (χ2v) is 6.49. The van der Waals surface area contributed by atoms with Gasteiger partial charge in [-0.15, -0.1) is 0 Å². The highest BCUT2D eigenvalue weighted by atomic mass is 16.5. The predicted octanol–water partition coefficient (Wildman–Crippen LogP) is 2.76. The number of carbonyl (C=O) groups is 2. The number of methoxy groups -OCH3 is 1. The number of amides is 2. The van der Waals surface area contributed by atoms with Crippen molar-refractivity contribution < 1.29 is 14.3 Å². The molecule has 3 rings (SSSR count). The van der Waals surface area contributed by atoms with Gasteiger partial charge in [0, 0.05) is 26.3 Å². The maximum atomic E-state index is 13.2. The molecule has 0 spiro atoms. The maximum Gasteiger partial charge on any atom is 0.267 e. The number of nitrogens with zero attached hydrogens (tertiary/aromatic N) is 2. The summed E-state index contributed by atoms with van der Waals surface area (Å²) in [5.41, 5.74) is 2.15. The second kappa shape index (κ2) is 7.64. The lowest BCUT2D eigenvalue weighted by Crippen LogP contribution is -2.39. The molecule has 2 amide bonds. The lowest BCUT2D eigenvalue weighted by molar-refractivity contribution is 0.0599. The molecular weight excluding hydrogens is 330 g/mol. The zero-order valence-corrected chi connectivity index (χ0v) is 15.5. The van der Waals surface area contributed by atoms with Crippen molar-refractivity contribution in [1.82, 2.24) is 14.8 Å². The first-order valence-electron chi connectivity index (χ1n) is 8.90. The standard InChI is InChI=1S/C20H25N3O3/c1-21-19(24)17-12-11-15(22(17)2)16-9-6-7-13-23(16)20(25)14-8-4-5-10-18(14)26-3/h4-5,8,10-12,16H,6-7,9,13H2,1-3H3,(H,21,24). The van der Waals surface area contributed by atoms with Crippen molar-refractivity contribution in [1.29, 1.82) is 0 Å². The van der Waals surface area contributed by atoms with E-state index in [1.807, 2.05) is 40.8 Å². The maximum absolute atomic E-state index is 13.2. The largest absolute Gasteiger partial charge is 0.496 e. The summed E-state index contributed by atoms with van der Waals surface area (Å²) < 4.78 is 7.25. The molecule has 1 N–H and O–H groups in total. The Morgan fingerprint density at radius 2 is 1.92 bits per heavy atom. The van der Waals surface area contributed by atoms with Crippen LogP contribution >= 0.6 is 0 Å². The molecule has 0 radical (unpaired) electrons. The van der Waals surface area contributed by atoms with Crippen LogP contribution in [0.4, 0.5) is 0 Å². The molecule has 1 fully saturated rings. The van der Waals surface area contributed by atoms with Crippen molar-refractivity contribution in [2.75, 3.05) is 20.7 Å². The van der Waals surface area contributed by atoms with E-state index in [1.165, 1.54) is 0 Å². The number of nitrogens with one attached hydrogen (secondary N) is 1. The molecule has 6 heteroatoms. The van der Waals surface area contributed by atoms with E-state index >= 15 is 0 Å². The molecule has 1 aliphatic rings. The Hall–Kier alpha value is -2.76. The number of hydrogen-bond acceptors (Lipinski definition) is 3. The van der Waals surface area contributed by atoms with Crippen LogP contribution in [0.2, 0.25) is 0 Å². The smallest absolute Gasteiger partial charge is 0.267 e. The summed E-state index contributed by atoms with van der Waals surface area (Å²) in [6.07, 6.45) is 2.91. The number of aromatic nitrogens is 1. The van der Waals surface area contributed by atoms with Crippen molar-refractivity contribution in [3.8, 4) is 5.75 Å². The Kier molecular flexibility index (Phi) is 5.30. The molecule has 26 heavy (non-hydrogen) atoms. The molecule has 0 aliphatic carbocycles. The first kappa shape index (κ1) is 18.0. The number of benzene rings is 1. The van der Waals surface area contributed by atoms with Gasteiger partial charge in [0.1, 0.15) is 11.4 Å². The summed E-state index contributed by atoms with van der Waals surface area (Å²) in [5.74, 6) is 0.423. The van der Waals surface area contributed by atoms with E-state index in [0.717, 1.165) is 25.0 Å². The van der Waals surface area contributed by atoms with E-state index in [2.05, 4.69) is 5.32 Å². The van der Waals surface area contributed by atoms with Crippen LogP contribution in [-0.2, 0) is 7.05 Å². The van der Waals surface area contributed by atoms with Gasteiger partial charge >= 0.3 is 0 Å². The summed E-state index contributed by atoms with van der Waals surface area (Å²) in [6.45, 7) is 0.696. The molecule has 0 saturated carbocycles. The van der Waals surface area contributed by atoms with Gasteiger partial charge in [-0.1, -0.05) is 12.1 Å². The zero-order chi connectivity index (χ0) is 18.7. The van der Waals surface area contributed by atoms with E-state index in [4.69, 9.17) is 4.74 Å². The van der Waals surface area contributed by atoms with E-state index < -0.39 is 0 Å². The molecule has 138 valence electrons. The van der Waals surface area contributed by atoms with Gasteiger partial charge in [-0.05, 0) is 43.5 Å². The first-order valence-corrected chi connectivity index (χ1v) is 8.90. The van der Waals surface area contributed by atoms with Crippen molar-refractivity contribution >= 4 is 11.8 Å². The molecule has 1 atom stereocenters. The van der Waals surface area contributed by atoms with Crippen molar-refractivity contribution in [2.45, 2.75) is 25.3 Å². The quantitative estimate of drug-likeness (QED) is 0.917. The third-order valence-electron chi connectivity index (χ3n) is 5.06. The third kappa shape index (κ3) is 3.19. The lowest BCUT2D eigenvalue weighted by atomic mass is 9.98. The fourth-order valence-electron chi connectivity index (χ4n) is 3.68. The topological polar surface area (TPSA) is 63.6 Å². The Labute approximate surface area is 153 Å². The molecule has 2 aromatic rings. The van der Waals surface area contributed by atoms with Crippen LogP contribution in [0.1, 0.15) is 51.8 Å². The molecule has 2 heterocycles. The van der Waals surface area contributed by atoms with Crippen LogP contribution in [0.25, 0.3) is 0 Å². The SMILES string of the molecule is CNC(=O)c1ccc(C2CCCCN2C(=O)c2ccccc2OC)n1C. The highest BCUT2D eigenvalue weighted by Crippen LogP contribution is 2.34. The molecule has 1 aromatic carbocycles. The fourth-order valence-corrected chi connectivity index (χ4v) is 3.68. The van der Waals surface area contributed by atoms with Crippen LogP contribution < -0.4 is 10.1 Å². The summed E-state index contributed by atoms with van der Waals surface area (Å²) in [7, 11) is 5.07. The van der Waals surface area contributed by atoms with Gasteiger partial charge in [-0.25, -0.2) is 0 Å². The summed E-state index contributed by atoms with van der Waals surface area (Å²) >= 11 is 0.